The molecule has 3 aromatic rings. The Bertz CT molecular complexity index is 934. The van der Waals surface area contributed by atoms with Gasteiger partial charge in [-0.3, -0.25) is 4.79 Å². The highest BCUT2D eigenvalue weighted by atomic mass is 35.5. The maximum Gasteiger partial charge on any atom is 0.274 e. The lowest BCUT2D eigenvalue weighted by molar-refractivity contribution is 0.102. The zero-order chi connectivity index (χ0) is 18.0. The summed E-state index contributed by atoms with van der Waals surface area (Å²) in [5.41, 5.74) is 4.42. The second kappa shape index (κ2) is 7.26. The van der Waals surface area contributed by atoms with Crippen LogP contribution in [0.1, 0.15) is 21.6 Å². The van der Waals surface area contributed by atoms with Crippen LogP contribution in [0.15, 0.2) is 54.6 Å². The Balaban J connectivity index is 1.94. The van der Waals surface area contributed by atoms with E-state index in [9.17, 15) is 4.79 Å². The molecule has 1 N–H and O–H groups in total. The molecule has 126 valence electrons. The molecule has 0 aliphatic carbocycles. The van der Waals surface area contributed by atoms with Gasteiger partial charge in [-0.25, -0.2) is 4.98 Å². The van der Waals surface area contributed by atoms with E-state index in [2.05, 4.69) is 10.3 Å². The van der Waals surface area contributed by atoms with E-state index in [4.69, 9.17) is 23.2 Å². The van der Waals surface area contributed by atoms with E-state index >= 15 is 0 Å². The van der Waals surface area contributed by atoms with Crippen LogP contribution in [-0.2, 0) is 0 Å². The lowest BCUT2D eigenvalue weighted by Crippen LogP contribution is -2.15. The molecule has 0 bridgehead atoms. The van der Waals surface area contributed by atoms with Gasteiger partial charge in [0.1, 0.15) is 5.69 Å². The number of rotatable bonds is 3. The van der Waals surface area contributed by atoms with E-state index in [1.165, 1.54) is 0 Å². The first-order valence-electron chi connectivity index (χ1n) is 7.76. The second-order valence-electron chi connectivity index (χ2n) is 5.75. The normalized spacial score (nSPS) is 10.6. The molecule has 0 aliphatic heterocycles. The van der Waals surface area contributed by atoms with Crippen molar-refractivity contribution in [1.29, 1.82) is 0 Å². The number of benzene rings is 2. The van der Waals surface area contributed by atoms with Gasteiger partial charge in [0.2, 0.25) is 0 Å². The van der Waals surface area contributed by atoms with Crippen LogP contribution in [0, 0.1) is 13.8 Å². The lowest BCUT2D eigenvalue weighted by atomic mass is 10.1. The largest absolute Gasteiger partial charge is 0.320 e. The highest BCUT2D eigenvalue weighted by molar-refractivity contribution is 6.35. The average Bonchev–Trinajstić information content (AvgIpc) is 2.60. The lowest BCUT2D eigenvalue weighted by Gasteiger charge is -2.12. The summed E-state index contributed by atoms with van der Waals surface area (Å²) >= 11 is 12.3. The van der Waals surface area contributed by atoms with Crippen LogP contribution in [0.3, 0.4) is 0 Å². The van der Waals surface area contributed by atoms with E-state index in [0.717, 1.165) is 16.8 Å². The minimum Gasteiger partial charge on any atom is -0.320 e. The van der Waals surface area contributed by atoms with Gasteiger partial charge >= 0.3 is 0 Å². The molecule has 1 aromatic heterocycles. The van der Waals surface area contributed by atoms with Crippen molar-refractivity contribution >= 4 is 34.8 Å². The molecule has 0 radical (unpaired) electrons. The molecule has 0 unspecified atom stereocenters. The molecule has 0 saturated heterocycles. The third kappa shape index (κ3) is 3.84. The van der Waals surface area contributed by atoms with Crippen LogP contribution < -0.4 is 5.32 Å². The van der Waals surface area contributed by atoms with Crippen molar-refractivity contribution < 1.29 is 4.79 Å². The van der Waals surface area contributed by atoms with Crippen molar-refractivity contribution in [2.24, 2.45) is 0 Å². The van der Waals surface area contributed by atoms with Gasteiger partial charge in [0.05, 0.1) is 10.7 Å². The van der Waals surface area contributed by atoms with Gasteiger partial charge in [-0.15, -0.1) is 0 Å². The molecular weight excluding hydrogens is 355 g/mol. The summed E-state index contributed by atoms with van der Waals surface area (Å²) in [6.45, 7) is 3.91. The van der Waals surface area contributed by atoms with Crippen LogP contribution in [0.25, 0.3) is 11.3 Å². The summed E-state index contributed by atoms with van der Waals surface area (Å²) in [6.07, 6.45) is 0. The zero-order valence-corrected chi connectivity index (χ0v) is 15.3. The summed E-state index contributed by atoms with van der Waals surface area (Å²) in [5.74, 6) is -0.266. The van der Waals surface area contributed by atoms with Crippen LogP contribution in [-0.4, -0.2) is 10.9 Å². The van der Waals surface area contributed by atoms with E-state index in [-0.39, 0.29) is 5.91 Å². The smallest absolute Gasteiger partial charge is 0.274 e. The van der Waals surface area contributed by atoms with Crippen molar-refractivity contribution in [3.63, 3.8) is 0 Å². The number of aryl methyl sites for hydroxylation is 2. The monoisotopic (exact) mass is 370 g/mol. The molecule has 1 amide bonds. The SMILES string of the molecule is Cc1cccc(C)c1NC(=O)c1cccc(-c2cc(Cl)ccc2Cl)n1. The maximum absolute atomic E-state index is 12.6. The maximum atomic E-state index is 12.6. The van der Waals surface area contributed by atoms with Gasteiger partial charge in [0.25, 0.3) is 5.91 Å². The number of para-hydroxylation sites is 1. The van der Waals surface area contributed by atoms with Gasteiger partial charge in [0.15, 0.2) is 0 Å². The number of carbonyl (C=O) groups is 1. The van der Waals surface area contributed by atoms with Crippen LogP contribution in [0.2, 0.25) is 10.0 Å². The number of carbonyl (C=O) groups excluding carboxylic acids is 1. The van der Waals surface area contributed by atoms with Crippen molar-refractivity contribution in [3.05, 3.63) is 81.5 Å². The molecule has 25 heavy (non-hydrogen) atoms. The summed E-state index contributed by atoms with van der Waals surface area (Å²) in [6, 6.07) is 16.3. The average molecular weight is 371 g/mol. The molecule has 3 rings (SSSR count). The molecule has 3 nitrogen and oxygen atoms in total. The fraction of sp³-hybridized carbons (Fsp3) is 0.100. The van der Waals surface area contributed by atoms with Gasteiger partial charge < -0.3 is 5.32 Å². The third-order valence-electron chi connectivity index (χ3n) is 3.91. The summed E-state index contributed by atoms with van der Waals surface area (Å²) in [5, 5.41) is 4.03. The molecule has 0 saturated carbocycles. The van der Waals surface area contributed by atoms with E-state index < -0.39 is 0 Å². The van der Waals surface area contributed by atoms with Crippen molar-refractivity contribution in [2.45, 2.75) is 13.8 Å². The van der Waals surface area contributed by atoms with Crippen LogP contribution >= 0.6 is 23.2 Å². The highest BCUT2D eigenvalue weighted by Gasteiger charge is 2.13. The predicted molar refractivity (Wildman–Crippen MR) is 104 cm³/mol. The third-order valence-corrected chi connectivity index (χ3v) is 4.47. The highest BCUT2D eigenvalue weighted by Crippen LogP contribution is 2.29. The number of pyridine rings is 1. The Kier molecular flexibility index (Phi) is 5.07. The minimum absolute atomic E-state index is 0.266. The first-order chi connectivity index (χ1) is 12.0. The van der Waals surface area contributed by atoms with Crippen molar-refractivity contribution in [1.82, 2.24) is 4.98 Å². The Morgan fingerprint density at radius 1 is 0.960 bits per heavy atom. The van der Waals surface area contributed by atoms with Gasteiger partial charge in [-0.2, -0.15) is 0 Å². The zero-order valence-electron chi connectivity index (χ0n) is 13.8. The number of halogens is 2. The number of anilines is 1. The van der Waals surface area contributed by atoms with Crippen molar-refractivity contribution in [3.8, 4) is 11.3 Å². The molecule has 0 atom stereocenters. The number of aromatic nitrogens is 1. The van der Waals surface area contributed by atoms with E-state index in [0.29, 0.717) is 27.0 Å². The standard InChI is InChI=1S/C20H16Cl2N2O/c1-12-5-3-6-13(2)19(12)24-20(25)18-8-4-7-17(23-18)15-11-14(21)9-10-16(15)22/h3-11H,1-2H3,(H,24,25). The van der Waals surface area contributed by atoms with Crippen molar-refractivity contribution in [2.75, 3.05) is 5.32 Å². The Hall–Kier alpha value is -2.36. The topological polar surface area (TPSA) is 42.0 Å². The van der Waals surface area contributed by atoms with Crippen LogP contribution in [0.4, 0.5) is 5.69 Å². The number of nitrogens with one attached hydrogen (secondary N) is 1. The minimum atomic E-state index is -0.266. The Labute approximate surface area is 156 Å². The van der Waals surface area contributed by atoms with Gasteiger partial charge in [-0.05, 0) is 55.3 Å². The van der Waals surface area contributed by atoms with Crippen LogP contribution in [0.5, 0.6) is 0 Å². The molecule has 0 spiro atoms. The van der Waals surface area contributed by atoms with E-state index in [1.807, 2.05) is 32.0 Å². The number of nitrogens with zero attached hydrogens (tertiary/aromatic N) is 1. The Morgan fingerprint density at radius 2 is 1.64 bits per heavy atom. The molecular formula is C20H16Cl2N2O. The summed E-state index contributed by atoms with van der Waals surface area (Å²) < 4.78 is 0. The fourth-order valence-electron chi connectivity index (χ4n) is 2.59. The Morgan fingerprint density at radius 3 is 2.36 bits per heavy atom. The number of amides is 1. The van der Waals surface area contributed by atoms with Gasteiger partial charge in [-0.1, -0.05) is 47.5 Å². The molecule has 1 heterocycles. The quantitative estimate of drug-likeness (QED) is 0.621. The van der Waals surface area contributed by atoms with Gasteiger partial charge in [0, 0.05) is 16.3 Å². The molecule has 2 aromatic carbocycles. The summed E-state index contributed by atoms with van der Waals surface area (Å²) in [7, 11) is 0. The summed E-state index contributed by atoms with van der Waals surface area (Å²) in [4.78, 5) is 17.1. The second-order valence-corrected chi connectivity index (χ2v) is 6.60. The van der Waals surface area contributed by atoms with E-state index in [1.54, 1.807) is 36.4 Å². The number of hydrogen-bond donors (Lipinski definition) is 1. The number of hydrogen-bond acceptors (Lipinski definition) is 2. The molecule has 5 heteroatoms. The molecule has 0 fully saturated rings. The first kappa shape index (κ1) is 17.5. The first-order valence-corrected chi connectivity index (χ1v) is 8.51. The fourth-order valence-corrected chi connectivity index (χ4v) is 2.98. The predicted octanol–water partition coefficient (Wildman–Crippen LogP) is 5.92. The molecule has 0 aliphatic rings.